The monoisotopic (exact) mass is 286 g/mol. The molecule has 1 aromatic carbocycles. The van der Waals surface area contributed by atoms with Gasteiger partial charge >= 0.3 is 0 Å². The number of hydrogen-bond donors (Lipinski definition) is 1. The summed E-state index contributed by atoms with van der Waals surface area (Å²) >= 11 is 0. The van der Waals surface area contributed by atoms with E-state index in [1.807, 2.05) is 19.1 Å². The molecule has 0 radical (unpaired) electrons. The molecule has 1 heterocycles. The van der Waals surface area contributed by atoms with Crippen LogP contribution in [0.5, 0.6) is 0 Å². The second-order valence-electron chi connectivity index (χ2n) is 5.85. The Kier molecular flexibility index (Phi) is 5.07. The molecule has 0 spiro atoms. The maximum atomic E-state index is 6.05. The number of hydrogen-bond acceptors (Lipinski definition) is 3. The molecule has 3 nitrogen and oxygen atoms in total. The molecule has 0 aliphatic rings. The van der Waals surface area contributed by atoms with E-state index < -0.39 is 0 Å². The van der Waals surface area contributed by atoms with E-state index in [0.717, 1.165) is 30.9 Å². The van der Waals surface area contributed by atoms with Gasteiger partial charge in [0.25, 0.3) is 0 Å². The van der Waals surface area contributed by atoms with E-state index in [4.69, 9.17) is 10.2 Å². The topological polar surface area (TPSA) is 42.4 Å². The summed E-state index contributed by atoms with van der Waals surface area (Å²) in [6.07, 6.45) is 1.96. The molecule has 1 atom stereocenters. The van der Waals surface area contributed by atoms with Crippen molar-refractivity contribution in [1.82, 2.24) is 0 Å². The average molecular weight is 286 g/mol. The highest BCUT2D eigenvalue weighted by atomic mass is 16.3. The van der Waals surface area contributed by atoms with Gasteiger partial charge < -0.3 is 15.1 Å². The number of furan rings is 1. The van der Waals surface area contributed by atoms with Crippen molar-refractivity contribution >= 4 is 5.69 Å². The highest BCUT2D eigenvalue weighted by molar-refractivity contribution is 5.50. The third-order valence-electron chi connectivity index (χ3n) is 3.96. The van der Waals surface area contributed by atoms with Crippen LogP contribution < -0.4 is 10.6 Å². The zero-order valence-corrected chi connectivity index (χ0v) is 13.5. The Labute approximate surface area is 127 Å². The van der Waals surface area contributed by atoms with Gasteiger partial charge in [-0.3, -0.25) is 0 Å². The zero-order valence-electron chi connectivity index (χ0n) is 13.5. The Hall–Kier alpha value is -1.74. The van der Waals surface area contributed by atoms with Crippen LogP contribution in [0, 0.1) is 13.8 Å². The molecular weight excluding hydrogens is 260 g/mol. The fourth-order valence-corrected chi connectivity index (χ4v) is 2.47. The predicted molar refractivity (Wildman–Crippen MR) is 88.7 cm³/mol. The molecule has 0 fully saturated rings. The summed E-state index contributed by atoms with van der Waals surface area (Å²) in [6, 6.07) is 10.9. The first-order chi connectivity index (χ1) is 9.99. The van der Waals surface area contributed by atoms with Crippen LogP contribution in [0.15, 0.2) is 34.7 Å². The van der Waals surface area contributed by atoms with E-state index in [-0.39, 0.29) is 6.04 Å². The van der Waals surface area contributed by atoms with Crippen LogP contribution >= 0.6 is 0 Å². The Balaban J connectivity index is 2.08. The van der Waals surface area contributed by atoms with Crippen LogP contribution in [0.25, 0.3) is 0 Å². The van der Waals surface area contributed by atoms with E-state index in [0.29, 0.717) is 0 Å². The minimum Gasteiger partial charge on any atom is -0.464 e. The number of nitrogens with two attached hydrogens (primary N) is 1. The molecule has 0 saturated heterocycles. The first-order valence-electron chi connectivity index (χ1n) is 7.61. The molecule has 0 aliphatic carbocycles. The van der Waals surface area contributed by atoms with Crippen molar-refractivity contribution in [2.24, 2.45) is 5.73 Å². The molecule has 2 aromatic rings. The molecule has 0 bridgehead atoms. The summed E-state index contributed by atoms with van der Waals surface area (Å²) in [7, 11) is 2.09. The molecule has 3 heteroatoms. The molecule has 0 saturated carbocycles. The quantitative estimate of drug-likeness (QED) is 0.878. The summed E-state index contributed by atoms with van der Waals surface area (Å²) in [4.78, 5) is 2.20. The second-order valence-corrected chi connectivity index (χ2v) is 5.85. The fourth-order valence-electron chi connectivity index (χ4n) is 2.47. The normalized spacial score (nSPS) is 12.4. The number of rotatable bonds is 6. The van der Waals surface area contributed by atoms with Crippen molar-refractivity contribution in [3.8, 4) is 0 Å². The van der Waals surface area contributed by atoms with Crippen molar-refractivity contribution in [2.75, 3.05) is 11.9 Å². The summed E-state index contributed by atoms with van der Waals surface area (Å²) in [5.74, 6) is 1.95. The third kappa shape index (κ3) is 4.11. The van der Waals surface area contributed by atoms with Crippen molar-refractivity contribution < 1.29 is 4.42 Å². The molecular formula is C18H26N2O. The van der Waals surface area contributed by atoms with E-state index in [9.17, 15) is 0 Å². The molecule has 1 unspecified atom stereocenters. The van der Waals surface area contributed by atoms with Gasteiger partial charge in [0, 0.05) is 18.8 Å². The molecule has 114 valence electrons. The van der Waals surface area contributed by atoms with E-state index >= 15 is 0 Å². The highest BCUT2D eigenvalue weighted by Gasteiger charge is 2.09. The van der Waals surface area contributed by atoms with E-state index in [1.54, 1.807) is 0 Å². The smallest absolute Gasteiger partial charge is 0.123 e. The molecule has 0 aliphatic heterocycles. The summed E-state index contributed by atoms with van der Waals surface area (Å²) < 4.78 is 5.64. The minimum absolute atomic E-state index is 0.248. The van der Waals surface area contributed by atoms with E-state index in [1.165, 1.54) is 16.8 Å². The Morgan fingerprint density at radius 1 is 1.19 bits per heavy atom. The van der Waals surface area contributed by atoms with Crippen molar-refractivity contribution in [3.05, 3.63) is 53.0 Å². The zero-order chi connectivity index (χ0) is 15.4. The lowest BCUT2D eigenvalue weighted by atomic mass is 9.99. The summed E-state index contributed by atoms with van der Waals surface area (Å²) in [6.45, 7) is 7.04. The third-order valence-corrected chi connectivity index (χ3v) is 3.96. The molecule has 2 rings (SSSR count). The van der Waals surface area contributed by atoms with Gasteiger partial charge in [0.15, 0.2) is 0 Å². The lowest BCUT2D eigenvalue weighted by Gasteiger charge is -2.20. The number of benzene rings is 1. The van der Waals surface area contributed by atoms with Crippen molar-refractivity contribution in [3.63, 3.8) is 0 Å². The van der Waals surface area contributed by atoms with Gasteiger partial charge in [-0.1, -0.05) is 13.0 Å². The lowest BCUT2D eigenvalue weighted by Crippen LogP contribution is -2.22. The molecule has 0 amide bonds. The largest absolute Gasteiger partial charge is 0.464 e. The summed E-state index contributed by atoms with van der Waals surface area (Å²) in [5.41, 5.74) is 9.90. The van der Waals surface area contributed by atoms with Crippen LogP contribution in [0.2, 0.25) is 0 Å². The second kappa shape index (κ2) is 6.81. The summed E-state index contributed by atoms with van der Waals surface area (Å²) in [5, 5.41) is 0. The Bertz CT molecular complexity index is 589. The van der Waals surface area contributed by atoms with Crippen LogP contribution in [0.4, 0.5) is 5.69 Å². The molecule has 1 aromatic heterocycles. The van der Waals surface area contributed by atoms with Crippen LogP contribution in [0.3, 0.4) is 0 Å². The maximum Gasteiger partial charge on any atom is 0.123 e. The molecule has 2 N–H and O–H groups in total. The predicted octanol–water partition coefficient (Wildman–Crippen LogP) is 3.81. The highest BCUT2D eigenvalue weighted by Crippen LogP contribution is 2.21. The van der Waals surface area contributed by atoms with Gasteiger partial charge in [0.1, 0.15) is 11.5 Å². The number of nitrogens with zero attached hydrogens (tertiary/aromatic N) is 1. The van der Waals surface area contributed by atoms with Crippen LogP contribution in [-0.4, -0.2) is 13.1 Å². The number of anilines is 1. The average Bonchev–Trinajstić information content (AvgIpc) is 2.86. The van der Waals surface area contributed by atoms with Gasteiger partial charge in [-0.15, -0.1) is 0 Å². The van der Waals surface area contributed by atoms with Crippen molar-refractivity contribution in [1.29, 1.82) is 0 Å². The van der Waals surface area contributed by atoms with Crippen LogP contribution in [0.1, 0.15) is 36.0 Å². The first kappa shape index (κ1) is 15.6. The maximum absolute atomic E-state index is 6.05. The minimum atomic E-state index is 0.248. The Morgan fingerprint density at radius 3 is 2.52 bits per heavy atom. The van der Waals surface area contributed by atoms with Gasteiger partial charge in [-0.05, 0) is 62.1 Å². The number of aryl methyl sites for hydroxylation is 2. The van der Waals surface area contributed by atoms with Crippen LogP contribution in [-0.2, 0) is 13.0 Å². The van der Waals surface area contributed by atoms with Gasteiger partial charge in [-0.25, -0.2) is 0 Å². The standard InChI is InChI=1S/C18H26N2O/c1-5-16(19)11-15-7-8-17(10-13(15)2)20(4)12-18-9-6-14(3)21-18/h6-10,16H,5,11-12,19H2,1-4H3. The van der Waals surface area contributed by atoms with Gasteiger partial charge in [0.2, 0.25) is 0 Å². The SMILES string of the molecule is CCC(N)Cc1ccc(N(C)Cc2ccc(C)o2)cc1C. The lowest BCUT2D eigenvalue weighted by molar-refractivity contribution is 0.482. The van der Waals surface area contributed by atoms with Crippen molar-refractivity contribution in [2.45, 2.75) is 46.2 Å². The Morgan fingerprint density at radius 2 is 1.95 bits per heavy atom. The van der Waals surface area contributed by atoms with Gasteiger partial charge in [-0.2, -0.15) is 0 Å². The van der Waals surface area contributed by atoms with Gasteiger partial charge in [0.05, 0.1) is 6.54 Å². The first-order valence-corrected chi connectivity index (χ1v) is 7.61. The van der Waals surface area contributed by atoms with E-state index in [2.05, 4.69) is 44.0 Å². The fraction of sp³-hybridized carbons (Fsp3) is 0.444. The molecule has 21 heavy (non-hydrogen) atoms.